The number of carboxylic acids is 2. The summed E-state index contributed by atoms with van der Waals surface area (Å²) in [7, 11) is 1.63. The summed E-state index contributed by atoms with van der Waals surface area (Å²) in [6, 6.07) is 23.6. The first-order valence-corrected chi connectivity index (χ1v) is 17.6. The molecule has 4 unspecified atom stereocenters. The first-order chi connectivity index (χ1) is 24.8. The van der Waals surface area contributed by atoms with Crippen LogP contribution in [0.25, 0.3) is 0 Å². The maximum absolute atomic E-state index is 10.8. The predicted molar refractivity (Wildman–Crippen MR) is 196 cm³/mol. The number of hydrogen-bond donors (Lipinski definition) is 4. The number of hydrogen-bond acceptors (Lipinski definition) is 9. The fourth-order valence-corrected chi connectivity index (χ4v) is 6.22. The minimum absolute atomic E-state index is 0.214. The highest BCUT2D eigenvalue weighted by Crippen LogP contribution is 2.53. The van der Waals surface area contributed by atoms with Crippen LogP contribution in [-0.2, 0) is 9.59 Å². The van der Waals surface area contributed by atoms with Gasteiger partial charge in [-0.05, 0) is 109 Å². The molecule has 4 atom stereocenters. The molecule has 0 spiro atoms. The van der Waals surface area contributed by atoms with Crippen molar-refractivity contribution in [2.45, 2.75) is 57.3 Å². The van der Waals surface area contributed by atoms with Crippen molar-refractivity contribution in [3.05, 3.63) is 102 Å². The summed E-state index contributed by atoms with van der Waals surface area (Å²) in [5, 5.41) is 24.3. The Morgan fingerprint density at radius 2 is 1.35 bits per heavy atom. The van der Waals surface area contributed by atoms with Crippen LogP contribution in [0.15, 0.2) is 85.2 Å². The molecule has 11 heteroatoms. The van der Waals surface area contributed by atoms with Crippen LogP contribution >= 0.6 is 0 Å². The number of aliphatic carboxylic acids is 2. The summed E-state index contributed by atoms with van der Waals surface area (Å²) >= 11 is 0. The Morgan fingerprint density at radius 1 is 0.745 bits per heavy atom. The number of methoxy groups -OCH3 is 1. The number of carboxylic acid groups (broad SMARTS) is 2. The minimum Gasteiger partial charge on any atom is -0.496 e. The SMILES string of the molecule is COc1cc(OCCCNc2ccccn2)ccc1C1CC1CC(=O)O.Cc1cc(C2CC2CC(=O)O)ccc1OCCCNc1ccccn1. The molecule has 51 heavy (non-hydrogen) atoms. The van der Waals surface area contributed by atoms with Crippen LogP contribution in [0.1, 0.15) is 67.1 Å². The highest BCUT2D eigenvalue weighted by Gasteiger charge is 2.41. The molecule has 2 aromatic heterocycles. The zero-order chi connectivity index (χ0) is 36.0. The van der Waals surface area contributed by atoms with Crippen LogP contribution in [0.2, 0.25) is 0 Å². The number of carbonyl (C=O) groups is 2. The molecular formula is C40H48N4O7. The molecule has 2 saturated carbocycles. The second-order valence-electron chi connectivity index (χ2n) is 13.0. The van der Waals surface area contributed by atoms with E-state index in [1.54, 1.807) is 19.5 Å². The molecule has 6 rings (SSSR count). The molecule has 0 aliphatic heterocycles. The quantitative estimate of drug-likeness (QED) is 0.0726. The second-order valence-corrected chi connectivity index (χ2v) is 13.0. The van der Waals surface area contributed by atoms with E-state index in [1.165, 1.54) is 5.56 Å². The number of ether oxygens (including phenoxy) is 3. The van der Waals surface area contributed by atoms with Crippen LogP contribution in [0.4, 0.5) is 11.6 Å². The van der Waals surface area contributed by atoms with Crippen molar-refractivity contribution in [3.8, 4) is 17.2 Å². The fraction of sp³-hybridized carbons (Fsp3) is 0.400. The fourth-order valence-electron chi connectivity index (χ4n) is 6.22. The van der Waals surface area contributed by atoms with Crippen molar-refractivity contribution in [2.75, 3.05) is 44.0 Å². The van der Waals surface area contributed by atoms with E-state index in [1.807, 2.05) is 67.6 Å². The number of pyridine rings is 2. The van der Waals surface area contributed by atoms with E-state index in [2.05, 4.69) is 32.7 Å². The van der Waals surface area contributed by atoms with Gasteiger partial charge in [-0.2, -0.15) is 0 Å². The van der Waals surface area contributed by atoms with Gasteiger partial charge in [-0.25, -0.2) is 9.97 Å². The Kier molecular flexibility index (Phi) is 13.5. The van der Waals surface area contributed by atoms with Crippen LogP contribution in [0, 0.1) is 18.8 Å². The lowest BCUT2D eigenvalue weighted by Crippen LogP contribution is -2.08. The van der Waals surface area contributed by atoms with Gasteiger partial charge in [-0.1, -0.05) is 30.3 Å². The lowest BCUT2D eigenvalue weighted by Gasteiger charge is -2.12. The number of aryl methyl sites for hydroxylation is 1. The van der Waals surface area contributed by atoms with Crippen LogP contribution in [-0.4, -0.2) is 65.5 Å². The molecule has 0 bridgehead atoms. The minimum atomic E-state index is -0.740. The van der Waals surface area contributed by atoms with E-state index in [0.29, 0.717) is 25.0 Å². The molecule has 0 radical (unpaired) electrons. The second kappa shape index (κ2) is 18.6. The molecule has 2 aromatic carbocycles. The highest BCUT2D eigenvalue weighted by molar-refractivity contribution is 5.68. The van der Waals surface area contributed by atoms with Crippen molar-refractivity contribution < 1.29 is 34.0 Å². The maximum atomic E-state index is 10.8. The molecule has 2 heterocycles. The van der Waals surface area contributed by atoms with Gasteiger partial charge in [0.05, 0.1) is 20.3 Å². The lowest BCUT2D eigenvalue weighted by molar-refractivity contribution is -0.138. The third kappa shape index (κ3) is 11.9. The van der Waals surface area contributed by atoms with Gasteiger partial charge < -0.3 is 35.1 Å². The standard InChI is InChI=1S/C20H24N2O4.C20H24N2O3/c1-25-18-13-15(6-7-16(18)17-11-14(17)12-20(23)24)26-10-4-9-22-19-5-2-3-8-21-19;1-14-11-15(17-12-16(17)13-20(23)24)6-7-18(14)25-10-4-9-22-19-5-2-3-8-21-19/h2-3,5-8,13-14,17H,4,9-12H2,1H3,(H,21,22)(H,23,24);2-3,5-8,11,16-17H,4,9-10,12-13H2,1H3,(H,21,22)(H,23,24). The van der Waals surface area contributed by atoms with Gasteiger partial charge in [0, 0.05) is 44.4 Å². The monoisotopic (exact) mass is 696 g/mol. The number of nitrogens with one attached hydrogen (secondary N) is 2. The van der Waals surface area contributed by atoms with Crippen molar-refractivity contribution >= 4 is 23.6 Å². The zero-order valence-corrected chi connectivity index (χ0v) is 29.3. The molecule has 11 nitrogen and oxygen atoms in total. The molecule has 4 N–H and O–H groups in total. The van der Waals surface area contributed by atoms with E-state index < -0.39 is 11.9 Å². The zero-order valence-electron chi connectivity index (χ0n) is 29.3. The van der Waals surface area contributed by atoms with Crippen LogP contribution in [0.3, 0.4) is 0 Å². The topological polar surface area (TPSA) is 152 Å². The number of aromatic nitrogens is 2. The van der Waals surface area contributed by atoms with Gasteiger partial charge in [0.15, 0.2) is 0 Å². The smallest absolute Gasteiger partial charge is 0.303 e. The van der Waals surface area contributed by atoms with Crippen LogP contribution < -0.4 is 24.8 Å². The first kappa shape index (κ1) is 36.9. The average Bonchev–Trinajstić information content (AvgIpc) is 4.06. The largest absolute Gasteiger partial charge is 0.496 e. The molecule has 270 valence electrons. The summed E-state index contributed by atoms with van der Waals surface area (Å²) in [5.41, 5.74) is 3.41. The van der Waals surface area contributed by atoms with Gasteiger partial charge in [-0.15, -0.1) is 0 Å². The van der Waals surface area contributed by atoms with E-state index in [9.17, 15) is 9.59 Å². The van der Waals surface area contributed by atoms with Gasteiger partial charge in [0.2, 0.25) is 0 Å². The van der Waals surface area contributed by atoms with Crippen molar-refractivity contribution in [1.82, 2.24) is 9.97 Å². The van der Waals surface area contributed by atoms with Crippen molar-refractivity contribution in [2.24, 2.45) is 11.8 Å². The lowest BCUT2D eigenvalue weighted by atomic mass is 10.0. The third-order valence-corrected chi connectivity index (χ3v) is 9.06. The summed E-state index contributed by atoms with van der Waals surface area (Å²) in [5.74, 6) is 3.90. The van der Waals surface area contributed by atoms with Crippen molar-refractivity contribution in [3.63, 3.8) is 0 Å². The number of anilines is 2. The Hall–Kier alpha value is -5.32. The first-order valence-electron chi connectivity index (χ1n) is 17.6. The predicted octanol–water partition coefficient (Wildman–Crippen LogP) is 7.40. The number of rotatable bonds is 19. The molecule has 0 amide bonds. The Morgan fingerprint density at radius 3 is 1.92 bits per heavy atom. The molecule has 2 fully saturated rings. The highest BCUT2D eigenvalue weighted by atomic mass is 16.5. The van der Waals surface area contributed by atoms with Crippen LogP contribution in [0.5, 0.6) is 17.2 Å². The molecule has 0 saturated heterocycles. The maximum Gasteiger partial charge on any atom is 0.303 e. The van der Waals surface area contributed by atoms with E-state index in [4.69, 9.17) is 24.4 Å². The van der Waals surface area contributed by atoms with E-state index >= 15 is 0 Å². The third-order valence-electron chi connectivity index (χ3n) is 9.06. The Bertz CT molecular complexity index is 1710. The van der Waals surface area contributed by atoms with Gasteiger partial charge in [0.1, 0.15) is 28.9 Å². The Labute approximate surface area is 299 Å². The molecule has 2 aliphatic rings. The van der Waals surface area contributed by atoms with Gasteiger partial charge >= 0.3 is 11.9 Å². The summed E-state index contributed by atoms with van der Waals surface area (Å²) in [6.07, 6.45) is 7.64. The van der Waals surface area contributed by atoms with Crippen molar-refractivity contribution in [1.29, 1.82) is 0 Å². The van der Waals surface area contributed by atoms with Gasteiger partial charge in [-0.3, -0.25) is 9.59 Å². The molecule has 2 aliphatic carbocycles. The summed E-state index contributed by atoms with van der Waals surface area (Å²) < 4.78 is 17.1. The molecular weight excluding hydrogens is 648 g/mol. The van der Waals surface area contributed by atoms with E-state index in [-0.39, 0.29) is 24.7 Å². The number of nitrogens with zero attached hydrogens (tertiary/aromatic N) is 2. The Balaban J connectivity index is 0.000000198. The number of benzene rings is 2. The van der Waals surface area contributed by atoms with E-state index in [0.717, 1.165) is 78.8 Å². The normalized spacial score (nSPS) is 18.4. The molecule has 4 aromatic rings. The summed E-state index contributed by atoms with van der Waals surface area (Å²) in [6.45, 7) is 4.87. The summed E-state index contributed by atoms with van der Waals surface area (Å²) in [4.78, 5) is 30.0. The average molecular weight is 697 g/mol. The van der Waals surface area contributed by atoms with Gasteiger partial charge in [0.25, 0.3) is 0 Å².